The van der Waals surface area contributed by atoms with Crippen molar-refractivity contribution in [2.24, 2.45) is 0 Å². The van der Waals surface area contributed by atoms with Crippen LogP contribution in [0.3, 0.4) is 0 Å². The Morgan fingerprint density at radius 1 is 1.47 bits per heavy atom. The molecule has 1 aromatic heterocycles. The van der Waals surface area contributed by atoms with Crippen LogP contribution in [0.2, 0.25) is 0 Å². The van der Waals surface area contributed by atoms with E-state index in [2.05, 4.69) is 15.6 Å². The third-order valence-electron chi connectivity index (χ3n) is 2.89. The van der Waals surface area contributed by atoms with Gasteiger partial charge in [-0.1, -0.05) is 0 Å². The van der Waals surface area contributed by atoms with Crippen LogP contribution < -0.4 is 10.6 Å². The standard InChI is InChI=1S/C12H17N3O2/c1-13-11-2-5-14-8-10(11)12(16)15-9-3-6-17-7-4-9/h2,5,8-9H,3-4,6-7H2,1H3,(H,13,14)(H,15,16). The van der Waals surface area contributed by atoms with E-state index < -0.39 is 0 Å². The number of aromatic nitrogens is 1. The minimum Gasteiger partial charge on any atom is -0.387 e. The Bertz CT molecular complexity index is 389. The van der Waals surface area contributed by atoms with Crippen molar-refractivity contribution in [1.82, 2.24) is 10.3 Å². The molecule has 0 aliphatic carbocycles. The fourth-order valence-corrected chi connectivity index (χ4v) is 1.90. The van der Waals surface area contributed by atoms with E-state index in [4.69, 9.17) is 4.74 Å². The SMILES string of the molecule is CNc1ccncc1C(=O)NC1CCOCC1. The van der Waals surface area contributed by atoms with Crippen LogP contribution in [0, 0.1) is 0 Å². The zero-order valence-electron chi connectivity index (χ0n) is 9.90. The largest absolute Gasteiger partial charge is 0.387 e. The number of pyridine rings is 1. The summed E-state index contributed by atoms with van der Waals surface area (Å²) in [6, 6.07) is 2.00. The molecule has 0 aromatic carbocycles. The minimum atomic E-state index is -0.0747. The van der Waals surface area contributed by atoms with E-state index in [0.29, 0.717) is 5.56 Å². The van der Waals surface area contributed by atoms with E-state index in [1.807, 2.05) is 0 Å². The fourth-order valence-electron chi connectivity index (χ4n) is 1.90. The molecule has 17 heavy (non-hydrogen) atoms. The summed E-state index contributed by atoms with van der Waals surface area (Å²) in [7, 11) is 1.79. The highest BCUT2D eigenvalue weighted by molar-refractivity contribution is 5.99. The maximum atomic E-state index is 12.1. The van der Waals surface area contributed by atoms with Crippen LogP contribution in [0.25, 0.3) is 0 Å². The molecule has 1 saturated heterocycles. The van der Waals surface area contributed by atoms with Gasteiger partial charge in [-0.2, -0.15) is 0 Å². The van der Waals surface area contributed by atoms with Gasteiger partial charge in [-0.3, -0.25) is 9.78 Å². The molecule has 1 aromatic rings. The van der Waals surface area contributed by atoms with Gasteiger partial charge in [0.1, 0.15) is 0 Å². The van der Waals surface area contributed by atoms with Gasteiger partial charge in [0.2, 0.25) is 0 Å². The highest BCUT2D eigenvalue weighted by atomic mass is 16.5. The fraction of sp³-hybridized carbons (Fsp3) is 0.500. The van der Waals surface area contributed by atoms with E-state index >= 15 is 0 Å². The molecule has 1 aliphatic rings. The zero-order chi connectivity index (χ0) is 12.1. The first kappa shape index (κ1) is 11.9. The smallest absolute Gasteiger partial charge is 0.255 e. The van der Waals surface area contributed by atoms with Gasteiger partial charge in [-0.15, -0.1) is 0 Å². The van der Waals surface area contributed by atoms with Crippen molar-refractivity contribution in [3.8, 4) is 0 Å². The molecular weight excluding hydrogens is 218 g/mol. The molecule has 0 spiro atoms. The molecule has 2 N–H and O–H groups in total. The second-order valence-electron chi connectivity index (χ2n) is 4.03. The monoisotopic (exact) mass is 235 g/mol. The molecule has 1 amide bonds. The Morgan fingerprint density at radius 2 is 2.24 bits per heavy atom. The number of nitrogens with one attached hydrogen (secondary N) is 2. The molecule has 92 valence electrons. The number of anilines is 1. The molecule has 0 saturated carbocycles. The lowest BCUT2D eigenvalue weighted by atomic mass is 10.1. The third-order valence-corrected chi connectivity index (χ3v) is 2.89. The van der Waals surface area contributed by atoms with Gasteiger partial charge >= 0.3 is 0 Å². The molecule has 0 radical (unpaired) electrons. The minimum absolute atomic E-state index is 0.0747. The van der Waals surface area contributed by atoms with Crippen LogP contribution in [-0.2, 0) is 4.74 Å². The summed E-state index contributed by atoms with van der Waals surface area (Å²) in [4.78, 5) is 16.0. The van der Waals surface area contributed by atoms with Crippen molar-refractivity contribution in [2.75, 3.05) is 25.6 Å². The Labute approximate surface area is 101 Å². The van der Waals surface area contributed by atoms with Crippen molar-refractivity contribution in [3.63, 3.8) is 0 Å². The van der Waals surface area contributed by atoms with Gasteiger partial charge in [-0.05, 0) is 18.9 Å². The molecule has 5 nitrogen and oxygen atoms in total. The van der Waals surface area contributed by atoms with Crippen LogP contribution >= 0.6 is 0 Å². The van der Waals surface area contributed by atoms with Gasteiger partial charge in [0.25, 0.3) is 5.91 Å². The lowest BCUT2D eigenvalue weighted by Gasteiger charge is -2.23. The van der Waals surface area contributed by atoms with Crippen molar-refractivity contribution >= 4 is 11.6 Å². The first-order valence-electron chi connectivity index (χ1n) is 5.81. The summed E-state index contributed by atoms with van der Waals surface area (Å²) >= 11 is 0. The van der Waals surface area contributed by atoms with Gasteiger partial charge in [0.15, 0.2) is 0 Å². The normalized spacial score (nSPS) is 16.5. The number of nitrogens with zero attached hydrogens (tertiary/aromatic N) is 1. The molecule has 0 atom stereocenters. The Morgan fingerprint density at radius 3 is 2.94 bits per heavy atom. The number of hydrogen-bond acceptors (Lipinski definition) is 4. The molecule has 1 aliphatic heterocycles. The van der Waals surface area contributed by atoms with Crippen LogP contribution in [0.5, 0.6) is 0 Å². The van der Waals surface area contributed by atoms with Crippen molar-refractivity contribution in [2.45, 2.75) is 18.9 Å². The quantitative estimate of drug-likeness (QED) is 0.821. The number of carbonyl (C=O) groups excluding carboxylic acids is 1. The van der Waals surface area contributed by atoms with E-state index in [0.717, 1.165) is 31.7 Å². The lowest BCUT2D eigenvalue weighted by Crippen LogP contribution is -2.39. The average Bonchev–Trinajstić information content (AvgIpc) is 2.40. The van der Waals surface area contributed by atoms with E-state index in [1.54, 1.807) is 25.5 Å². The maximum Gasteiger partial charge on any atom is 0.255 e. The maximum absolute atomic E-state index is 12.1. The summed E-state index contributed by atoms with van der Waals surface area (Å²) < 4.78 is 5.26. The Hall–Kier alpha value is -1.62. The van der Waals surface area contributed by atoms with Gasteiger partial charge < -0.3 is 15.4 Å². The number of rotatable bonds is 3. The number of ether oxygens (including phenoxy) is 1. The molecule has 0 unspecified atom stereocenters. The van der Waals surface area contributed by atoms with Gasteiger partial charge in [0.05, 0.1) is 5.56 Å². The van der Waals surface area contributed by atoms with Crippen molar-refractivity contribution in [3.05, 3.63) is 24.0 Å². The van der Waals surface area contributed by atoms with Crippen LogP contribution in [0.4, 0.5) is 5.69 Å². The highest BCUT2D eigenvalue weighted by Gasteiger charge is 2.18. The molecular formula is C12H17N3O2. The molecule has 5 heteroatoms. The second kappa shape index (κ2) is 5.63. The summed E-state index contributed by atoms with van der Waals surface area (Å²) in [5.74, 6) is -0.0747. The van der Waals surface area contributed by atoms with Crippen LogP contribution in [0.1, 0.15) is 23.2 Å². The number of amides is 1. The second-order valence-corrected chi connectivity index (χ2v) is 4.03. The molecule has 1 fully saturated rings. The summed E-state index contributed by atoms with van der Waals surface area (Å²) in [6.45, 7) is 1.44. The van der Waals surface area contributed by atoms with Gasteiger partial charge in [-0.25, -0.2) is 0 Å². The highest BCUT2D eigenvalue weighted by Crippen LogP contribution is 2.14. The molecule has 0 bridgehead atoms. The lowest BCUT2D eigenvalue weighted by molar-refractivity contribution is 0.0696. The van der Waals surface area contributed by atoms with Crippen LogP contribution in [-0.4, -0.2) is 37.2 Å². The predicted octanol–water partition coefficient (Wildman–Crippen LogP) is 1.03. The first-order valence-corrected chi connectivity index (χ1v) is 5.81. The predicted molar refractivity (Wildman–Crippen MR) is 65.1 cm³/mol. The summed E-state index contributed by atoms with van der Waals surface area (Å²) in [5, 5.41) is 6.00. The van der Waals surface area contributed by atoms with Crippen molar-refractivity contribution in [1.29, 1.82) is 0 Å². The number of carbonyl (C=O) groups is 1. The van der Waals surface area contributed by atoms with Crippen molar-refractivity contribution < 1.29 is 9.53 Å². The average molecular weight is 235 g/mol. The number of hydrogen-bond donors (Lipinski definition) is 2. The Balaban J connectivity index is 2.03. The topological polar surface area (TPSA) is 63.2 Å². The summed E-state index contributed by atoms with van der Waals surface area (Å²) in [5.41, 5.74) is 1.38. The molecule has 2 heterocycles. The molecule has 2 rings (SSSR count). The Kier molecular flexibility index (Phi) is 3.93. The summed E-state index contributed by atoms with van der Waals surface area (Å²) in [6.07, 6.45) is 5.00. The zero-order valence-corrected chi connectivity index (χ0v) is 9.90. The van der Waals surface area contributed by atoms with E-state index in [9.17, 15) is 4.79 Å². The third kappa shape index (κ3) is 2.94. The van der Waals surface area contributed by atoms with E-state index in [-0.39, 0.29) is 11.9 Å². The van der Waals surface area contributed by atoms with Gasteiger partial charge in [0, 0.05) is 44.4 Å². The van der Waals surface area contributed by atoms with Crippen LogP contribution in [0.15, 0.2) is 18.5 Å². The van der Waals surface area contributed by atoms with E-state index in [1.165, 1.54) is 0 Å². The first-order chi connectivity index (χ1) is 8.31.